The number of piperazine rings is 1. The second kappa shape index (κ2) is 8.42. The number of benzene rings is 1. The van der Waals surface area contributed by atoms with Gasteiger partial charge in [0, 0.05) is 38.5 Å². The largest absolute Gasteiger partial charge is 2.00 e. The van der Waals surface area contributed by atoms with Crippen LogP contribution in [0.4, 0.5) is 4.39 Å². The quantitative estimate of drug-likeness (QED) is 0.460. The summed E-state index contributed by atoms with van der Waals surface area (Å²) in [7, 11) is 2.13. The van der Waals surface area contributed by atoms with E-state index in [1.807, 2.05) is 0 Å². The number of hydrogen-bond acceptors (Lipinski definition) is 2. The first-order chi connectivity index (χ1) is 7.24. The second-order valence-corrected chi connectivity index (χ2v) is 4.11. The summed E-state index contributed by atoms with van der Waals surface area (Å²) in [6.07, 6.45) is 0. The Kier molecular flexibility index (Phi) is 8.58. The van der Waals surface area contributed by atoms with Crippen LogP contribution in [0.1, 0.15) is 5.56 Å². The monoisotopic (exact) mass is 310 g/mol. The summed E-state index contributed by atoms with van der Waals surface area (Å²) in [6, 6.07) is 7.73. The van der Waals surface area contributed by atoms with E-state index >= 15 is 0 Å². The molecule has 1 aromatic carbocycles. The van der Waals surface area contributed by atoms with Crippen molar-refractivity contribution >= 4 is 23.1 Å². The van der Waals surface area contributed by atoms with Gasteiger partial charge in [-0.15, -0.1) is 17.7 Å². The molecule has 0 N–H and O–H groups in total. The van der Waals surface area contributed by atoms with Crippen molar-refractivity contribution in [2.75, 3.05) is 33.2 Å². The van der Waals surface area contributed by atoms with Crippen LogP contribution in [0.2, 0.25) is 0 Å². The molecule has 1 heterocycles. The Hall–Kier alpha value is 0.316. The topological polar surface area (TPSA) is 6.48 Å². The number of hydrogen-bond donors (Lipinski definition) is 0. The van der Waals surface area contributed by atoms with Crippen molar-refractivity contribution in [2.45, 2.75) is 6.54 Å². The van der Waals surface area contributed by atoms with Gasteiger partial charge in [0.2, 0.25) is 0 Å². The molecule has 90 valence electrons. The molecule has 17 heavy (non-hydrogen) atoms. The molecule has 0 amide bonds. The van der Waals surface area contributed by atoms with Gasteiger partial charge in [0.15, 0.2) is 0 Å². The van der Waals surface area contributed by atoms with Crippen molar-refractivity contribution in [3.8, 4) is 0 Å². The third-order valence-corrected chi connectivity index (χ3v) is 2.81. The number of rotatable bonds is 2. The van der Waals surface area contributed by atoms with Crippen molar-refractivity contribution in [2.24, 2.45) is 0 Å². The summed E-state index contributed by atoms with van der Waals surface area (Å²) in [5.74, 6) is -0.169. The van der Waals surface area contributed by atoms with Crippen molar-refractivity contribution in [3.63, 3.8) is 0 Å². The molecule has 0 bridgehead atoms. The van der Waals surface area contributed by atoms with Gasteiger partial charge in [-0.05, 0) is 7.05 Å². The summed E-state index contributed by atoms with van der Waals surface area (Å²) in [5.41, 5.74) is 0.944. The van der Waals surface area contributed by atoms with Crippen molar-refractivity contribution in [1.29, 1.82) is 0 Å². The summed E-state index contributed by atoms with van der Waals surface area (Å²) in [4.78, 5) is 4.65. The van der Waals surface area contributed by atoms with Crippen LogP contribution in [0.15, 0.2) is 18.2 Å². The molecular formula is C12H16BrFMgN2. The van der Waals surface area contributed by atoms with Crippen LogP contribution in [0.5, 0.6) is 0 Å². The second-order valence-electron chi connectivity index (χ2n) is 4.11. The van der Waals surface area contributed by atoms with Gasteiger partial charge in [0.05, 0.1) is 0 Å². The third kappa shape index (κ3) is 5.66. The maximum absolute atomic E-state index is 12.9. The van der Waals surface area contributed by atoms with Gasteiger partial charge in [0.25, 0.3) is 0 Å². The van der Waals surface area contributed by atoms with Crippen LogP contribution in [-0.2, 0) is 6.54 Å². The fourth-order valence-electron chi connectivity index (χ4n) is 1.82. The number of likely N-dealkylation sites (N-methyl/N-ethyl adjacent to an activating group) is 1. The van der Waals surface area contributed by atoms with Gasteiger partial charge in [0.1, 0.15) is 0 Å². The Balaban J connectivity index is 0.00000128. The fraction of sp³-hybridized carbons (Fsp3) is 0.500. The Morgan fingerprint density at radius 1 is 1.29 bits per heavy atom. The molecule has 1 aromatic rings. The molecule has 1 aliphatic rings. The molecule has 1 saturated heterocycles. The zero-order chi connectivity index (χ0) is 10.7. The Morgan fingerprint density at radius 2 is 1.94 bits per heavy atom. The van der Waals surface area contributed by atoms with Gasteiger partial charge < -0.3 is 21.9 Å². The molecule has 0 aromatic heterocycles. The van der Waals surface area contributed by atoms with Gasteiger partial charge in [-0.25, -0.2) is 4.39 Å². The molecule has 0 atom stereocenters. The molecule has 1 aliphatic heterocycles. The molecule has 0 unspecified atom stereocenters. The summed E-state index contributed by atoms with van der Waals surface area (Å²) in [6.45, 7) is 5.11. The minimum atomic E-state index is -0.169. The molecule has 0 aliphatic carbocycles. The molecule has 5 heteroatoms. The predicted octanol–water partition coefficient (Wildman–Crippen LogP) is -2.00. The van der Waals surface area contributed by atoms with E-state index in [4.69, 9.17) is 0 Å². The van der Waals surface area contributed by atoms with E-state index in [1.165, 1.54) is 6.07 Å². The van der Waals surface area contributed by atoms with Crippen LogP contribution in [0, 0.1) is 11.9 Å². The predicted molar refractivity (Wildman–Crippen MR) is 63.8 cm³/mol. The first-order valence-corrected chi connectivity index (χ1v) is 5.31. The molecule has 0 spiro atoms. The van der Waals surface area contributed by atoms with E-state index in [0.29, 0.717) is 0 Å². The van der Waals surface area contributed by atoms with Crippen LogP contribution in [-0.4, -0.2) is 66.1 Å². The first-order valence-electron chi connectivity index (χ1n) is 5.31. The molecule has 0 radical (unpaired) electrons. The van der Waals surface area contributed by atoms with Crippen molar-refractivity contribution in [1.82, 2.24) is 9.80 Å². The normalized spacial score (nSPS) is 17.1. The molecule has 1 fully saturated rings. The molecular weight excluding hydrogens is 295 g/mol. The van der Waals surface area contributed by atoms with Crippen LogP contribution < -0.4 is 17.0 Å². The average Bonchev–Trinajstić information content (AvgIpc) is 2.22. The van der Waals surface area contributed by atoms with Gasteiger partial charge >= 0.3 is 23.1 Å². The number of nitrogens with zero attached hydrogens (tertiary/aromatic N) is 2. The number of halogens is 2. The summed E-state index contributed by atoms with van der Waals surface area (Å²) in [5, 5.41) is 0. The maximum Gasteiger partial charge on any atom is 2.00 e. The Labute approximate surface area is 129 Å². The van der Waals surface area contributed by atoms with Crippen LogP contribution in [0.25, 0.3) is 0 Å². The zero-order valence-electron chi connectivity index (χ0n) is 10.1. The molecule has 2 rings (SSSR count). The summed E-state index contributed by atoms with van der Waals surface area (Å²) >= 11 is 0. The summed E-state index contributed by atoms with van der Waals surface area (Å²) < 4.78 is 12.9. The SMILES string of the molecule is CN1CCN(Cc2[c-]ccc(F)c2)CC1.[Br-].[Mg+2]. The first kappa shape index (κ1) is 17.3. The van der Waals surface area contributed by atoms with E-state index in [1.54, 1.807) is 12.1 Å². The van der Waals surface area contributed by atoms with Gasteiger partial charge in [-0.2, -0.15) is 12.1 Å². The standard InChI is InChI=1S/C12H16FN2.BrH.Mg/c1-14-5-7-15(8-6-14)10-11-3-2-4-12(13)9-11;;/h2,4,9H,5-8,10H2,1H3;1H;/q-1;;+2/p-1. The average molecular weight is 311 g/mol. The minimum absolute atomic E-state index is 0. The van der Waals surface area contributed by atoms with E-state index in [-0.39, 0.29) is 45.9 Å². The zero-order valence-corrected chi connectivity index (χ0v) is 13.1. The maximum atomic E-state index is 12.9. The van der Waals surface area contributed by atoms with Crippen molar-refractivity contribution in [3.05, 3.63) is 35.6 Å². The molecule has 2 nitrogen and oxygen atoms in total. The Bertz CT molecular complexity index is 330. The van der Waals surface area contributed by atoms with E-state index < -0.39 is 0 Å². The van der Waals surface area contributed by atoms with Crippen molar-refractivity contribution < 1.29 is 21.4 Å². The van der Waals surface area contributed by atoms with Crippen LogP contribution in [0.3, 0.4) is 0 Å². The Morgan fingerprint density at radius 3 is 2.53 bits per heavy atom. The van der Waals surface area contributed by atoms with Crippen LogP contribution >= 0.6 is 0 Å². The van der Waals surface area contributed by atoms with E-state index in [9.17, 15) is 4.39 Å². The van der Waals surface area contributed by atoms with Gasteiger partial charge in [-0.3, -0.25) is 4.90 Å². The smallest absolute Gasteiger partial charge is 1.00 e. The molecule has 0 saturated carbocycles. The minimum Gasteiger partial charge on any atom is -1.00 e. The third-order valence-electron chi connectivity index (χ3n) is 2.81. The van der Waals surface area contributed by atoms with E-state index in [2.05, 4.69) is 22.9 Å². The fourth-order valence-corrected chi connectivity index (χ4v) is 1.82. The van der Waals surface area contributed by atoms with E-state index in [0.717, 1.165) is 38.3 Å². The van der Waals surface area contributed by atoms with Gasteiger partial charge in [-0.1, -0.05) is 0 Å².